The number of hydrogen-bond acceptors (Lipinski definition) is 7. The summed E-state index contributed by atoms with van der Waals surface area (Å²) < 4.78 is 25.9. The van der Waals surface area contributed by atoms with Gasteiger partial charge in [-0.15, -0.1) is 0 Å². The van der Waals surface area contributed by atoms with Crippen molar-refractivity contribution in [2.75, 3.05) is 10.2 Å². The molecule has 4 rings (SSSR count). The van der Waals surface area contributed by atoms with Crippen molar-refractivity contribution in [2.24, 2.45) is 0 Å². The lowest BCUT2D eigenvalue weighted by Gasteiger charge is -2.14. The number of sulfone groups is 1. The molecule has 10 heteroatoms. The molecule has 166 valence electrons. The molecule has 0 aromatic heterocycles. The lowest BCUT2D eigenvalue weighted by atomic mass is 10.1. The third-order valence-electron chi connectivity index (χ3n) is 5.01. The summed E-state index contributed by atoms with van der Waals surface area (Å²) in [4.78, 5) is 48.4. The molecular weight excluding hydrogens is 448 g/mol. The van der Waals surface area contributed by atoms with Crippen LogP contribution in [0, 0.1) is 0 Å². The Balaban J connectivity index is 1.67. The van der Waals surface area contributed by atoms with Crippen LogP contribution in [0.3, 0.4) is 0 Å². The summed E-state index contributed by atoms with van der Waals surface area (Å²) in [7, 11) is -4.08. The van der Waals surface area contributed by atoms with Gasteiger partial charge in [0.2, 0.25) is 15.7 Å². The number of nitrogens with one attached hydrogen (secondary N) is 1. The first-order valence-corrected chi connectivity index (χ1v) is 11.0. The van der Waals surface area contributed by atoms with Crippen LogP contribution in [0.2, 0.25) is 0 Å². The molecule has 1 heterocycles. The summed E-state index contributed by atoms with van der Waals surface area (Å²) in [6, 6.07) is 14.1. The number of carbonyl (C=O) groups excluding carboxylic acids is 4. The first-order valence-electron chi connectivity index (χ1n) is 9.56. The number of carbonyl (C=O) groups is 4. The number of anilines is 2. The van der Waals surface area contributed by atoms with Crippen LogP contribution in [0.4, 0.5) is 11.4 Å². The summed E-state index contributed by atoms with van der Waals surface area (Å²) in [5, 5.41) is 13.5. The molecule has 0 bridgehead atoms. The van der Waals surface area contributed by atoms with E-state index in [1.165, 1.54) is 43.3 Å². The van der Waals surface area contributed by atoms with Crippen LogP contribution in [0.25, 0.3) is 0 Å². The fourth-order valence-corrected chi connectivity index (χ4v) is 4.71. The van der Waals surface area contributed by atoms with Crippen LogP contribution >= 0.6 is 0 Å². The molecule has 3 aromatic carbocycles. The molecule has 0 spiro atoms. The predicted octanol–water partition coefficient (Wildman–Crippen LogP) is 1.64. The fourth-order valence-electron chi connectivity index (χ4n) is 3.42. The van der Waals surface area contributed by atoms with Gasteiger partial charge in [-0.1, -0.05) is 12.1 Å². The van der Waals surface area contributed by atoms with E-state index in [-0.39, 0.29) is 38.1 Å². The highest BCUT2D eigenvalue weighted by Crippen LogP contribution is 2.32. The Morgan fingerprint density at radius 3 is 1.97 bits per heavy atom. The third-order valence-corrected chi connectivity index (χ3v) is 6.78. The van der Waals surface area contributed by atoms with Crippen molar-refractivity contribution in [3.63, 3.8) is 0 Å². The minimum absolute atomic E-state index is 0.0530. The van der Waals surface area contributed by atoms with E-state index < -0.39 is 27.6 Å². The Morgan fingerprint density at radius 1 is 0.818 bits per heavy atom. The number of carboxylic acid groups (broad SMARTS) is 1. The Bertz CT molecular complexity index is 1430. The maximum Gasteiger partial charge on any atom is 0.266 e. The van der Waals surface area contributed by atoms with E-state index in [0.717, 1.165) is 35.2 Å². The summed E-state index contributed by atoms with van der Waals surface area (Å²) >= 11 is 0. The Morgan fingerprint density at radius 2 is 1.39 bits per heavy atom. The molecule has 0 unspecified atom stereocenters. The molecule has 9 nitrogen and oxygen atoms in total. The molecule has 0 saturated carbocycles. The maximum atomic E-state index is 13.0. The van der Waals surface area contributed by atoms with Crippen molar-refractivity contribution in [3.05, 3.63) is 83.4 Å². The van der Waals surface area contributed by atoms with Crippen molar-refractivity contribution in [2.45, 2.75) is 16.7 Å². The predicted molar refractivity (Wildman–Crippen MR) is 115 cm³/mol. The number of benzene rings is 3. The molecule has 1 N–H and O–H groups in total. The van der Waals surface area contributed by atoms with Crippen LogP contribution in [0.1, 0.15) is 38.0 Å². The standard InChI is InChI=1S/C23H16N2O7S/c1-13(26)24-15-4-6-16(7-5-15)25-21(27)19-11-10-18(12-20(19)22(25)28)33(31,32)17-8-2-14(3-9-17)23(29)30/h2-12H,1H3,(H,24,26)(H,29,30)/p-1. The minimum atomic E-state index is -4.08. The number of rotatable bonds is 5. The van der Waals surface area contributed by atoms with E-state index >= 15 is 0 Å². The maximum absolute atomic E-state index is 13.0. The van der Waals surface area contributed by atoms with Gasteiger partial charge >= 0.3 is 0 Å². The van der Waals surface area contributed by atoms with Gasteiger partial charge < -0.3 is 15.2 Å². The van der Waals surface area contributed by atoms with Crippen LogP contribution in [0.5, 0.6) is 0 Å². The summed E-state index contributed by atoms with van der Waals surface area (Å²) in [6.45, 7) is 1.35. The van der Waals surface area contributed by atoms with Gasteiger partial charge in [0.25, 0.3) is 11.8 Å². The van der Waals surface area contributed by atoms with Gasteiger partial charge in [-0.3, -0.25) is 14.4 Å². The van der Waals surface area contributed by atoms with Gasteiger partial charge in [0, 0.05) is 12.6 Å². The molecule has 33 heavy (non-hydrogen) atoms. The SMILES string of the molecule is CC(=O)Nc1ccc(N2C(=O)c3ccc(S(=O)(=O)c4ccc(C(=O)[O-])cc4)cc3C2=O)cc1. The van der Waals surface area contributed by atoms with Crippen LogP contribution < -0.4 is 15.3 Å². The second-order valence-corrected chi connectivity index (χ2v) is 9.15. The van der Waals surface area contributed by atoms with E-state index in [4.69, 9.17) is 0 Å². The van der Waals surface area contributed by atoms with Gasteiger partial charge in [0.05, 0.1) is 32.6 Å². The Labute approximate surface area is 188 Å². The van der Waals surface area contributed by atoms with Crippen LogP contribution in [-0.4, -0.2) is 32.1 Å². The average Bonchev–Trinajstić information content (AvgIpc) is 3.03. The minimum Gasteiger partial charge on any atom is -0.545 e. The van der Waals surface area contributed by atoms with Gasteiger partial charge in [0.1, 0.15) is 0 Å². The van der Waals surface area contributed by atoms with E-state index in [0.29, 0.717) is 5.69 Å². The average molecular weight is 463 g/mol. The monoisotopic (exact) mass is 463 g/mol. The number of imide groups is 1. The zero-order chi connectivity index (χ0) is 23.9. The van der Waals surface area contributed by atoms with Gasteiger partial charge in [-0.05, 0) is 60.2 Å². The highest BCUT2D eigenvalue weighted by Gasteiger charge is 2.37. The smallest absolute Gasteiger partial charge is 0.266 e. The van der Waals surface area contributed by atoms with Crippen molar-refractivity contribution in [3.8, 4) is 0 Å². The molecular formula is C23H15N2O7S-. The highest BCUT2D eigenvalue weighted by atomic mass is 32.2. The topological polar surface area (TPSA) is 141 Å². The Hall–Kier alpha value is -4.31. The van der Waals surface area contributed by atoms with Gasteiger partial charge in [-0.2, -0.15) is 0 Å². The van der Waals surface area contributed by atoms with Gasteiger partial charge in [-0.25, -0.2) is 13.3 Å². The molecule has 1 aliphatic rings. The number of hydrogen-bond donors (Lipinski definition) is 1. The van der Waals surface area contributed by atoms with E-state index in [1.807, 2.05) is 0 Å². The molecule has 3 amide bonds. The quantitative estimate of drug-likeness (QED) is 0.567. The summed E-state index contributed by atoms with van der Waals surface area (Å²) in [5.41, 5.74) is 0.554. The highest BCUT2D eigenvalue weighted by molar-refractivity contribution is 7.91. The molecule has 0 radical (unpaired) electrons. The number of amides is 3. The number of carboxylic acids is 1. The molecule has 0 fully saturated rings. The van der Waals surface area contributed by atoms with Crippen molar-refractivity contribution >= 4 is 44.9 Å². The lowest BCUT2D eigenvalue weighted by Crippen LogP contribution is -2.29. The zero-order valence-electron chi connectivity index (χ0n) is 17.1. The molecule has 0 saturated heterocycles. The zero-order valence-corrected chi connectivity index (χ0v) is 17.9. The number of fused-ring (bicyclic) bond motifs is 1. The first-order chi connectivity index (χ1) is 15.6. The molecule has 1 aliphatic heterocycles. The summed E-state index contributed by atoms with van der Waals surface area (Å²) in [6.07, 6.45) is 0. The van der Waals surface area contributed by atoms with Crippen molar-refractivity contribution < 1.29 is 32.7 Å². The Kier molecular flexibility index (Phi) is 5.30. The van der Waals surface area contributed by atoms with E-state index in [9.17, 15) is 32.7 Å². The normalized spacial score (nSPS) is 13.1. The van der Waals surface area contributed by atoms with Crippen molar-refractivity contribution in [1.82, 2.24) is 0 Å². The molecule has 0 atom stereocenters. The van der Waals surface area contributed by atoms with Crippen molar-refractivity contribution in [1.29, 1.82) is 0 Å². The van der Waals surface area contributed by atoms with Crippen LogP contribution in [-0.2, 0) is 14.6 Å². The first kappa shape index (κ1) is 21.9. The van der Waals surface area contributed by atoms with Crippen LogP contribution in [0.15, 0.2) is 76.5 Å². The summed E-state index contributed by atoms with van der Waals surface area (Å²) in [5.74, 6) is -3.01. The largest absolute Gasteiger partial charge is 0.545 e. The lowest BCUT2D eigenvalue weighted by molar-refractivity contribution is -0.255. The van der Waals surface area contributed by atoms with Gasteiger partial charge in [0.15, 0.2) is 0 Å². The third kappa shape index (κ3) is 3.87. The second kappa shape index (κ2) is 7.99. The number of aromatic carboxylic acids is 1. The fraction of sp³-hybridized carbons (Fsp3) is 0.0435. The van der Waals surface area contributed by atoms with E-state index in [2.05, 4.69) is 5.32 Å². The number of nitrogens with zero attached hydrogens (tertiary/aromatic N) is 1. The van der Waals surface area contributed by atoms with E-state index in [1.54, 1.807) is 0 Å². The molecule has 0 aliphatic carbocycles. The second-order valence-electron chi connectivity index (χ2n) is 7.20. The molecule has 3 aromatic rings.